The lowest BCUT2D eigenvalue weighted by Crippen LogP contribution is -2.14. The summed E-state index contributed by atoms with van der Waals surface area (Å²) in [6.45, 7) is 3.72. The molecule has 0 fully saturated rings. The van der Waals surface area contributed by atoms with Crippen LogP contribution in [-0.4, -0.2) is 15.8 Å². The molecule has 4 rings (SSSR count). The maximum absolute atomic E-state index is 13.1. The van der Waals surface area contributed by atoms with Crippen LogP contribution < -0.4 is 5.32 Å². The van der Waals surface area contributed by atoms with Gasteiger partial charge in [0.1, 0.15) is 9.92 Å². The van der Waals surface area contributed by atoms with Gasteiger partial charge in [-0.3, -0.25) is 14.9 Å². The summed E-state index contributed by atoms with van der Waals surface area (Å²) in [5.41, 5.74) is 3.35. The Balaban J connectivity index is 1.67. The number of non-ortho nitro benzene ring substituents is 1. The predicted octanol–water partition coefficient (Wildman–Crippen LogP) is 5.96. The molecule has 0 aliphatic heterocycles. The van der Waals surface area contributed by atoms with Gasteiger partial charge in [0.2, 0.25) is 0 Å². The topological polar surface area (TPSA) is 98.3 Å². The number of nitro benzene ring substituents is 1. The number of amides is 1. The number of hydrogen-bond donors (Lipinski definition) is 1. The number of thiazole rings is 1. The van der Waals surface area contributed by atoms with Crippen LogP contribution >= 0.6 is 23.1 Å². The number of para-hydroxylation sites is 1. The van der Waals surface area contributed by atoms with Gasteiger partial charge in [-0.1, -0.05) is 36.0 Å². The zero-order valence-electron chi connectivity index (χ0n) is 16.2. The first-order valence-electron chi connectivity index (χ1n) is 9.04. The quantitative estimate of drug-likeness (QED) is 0.226. The van der Waals surface area contributed by atoms with E-state index in [9.17, 15) is 14.9 Å². The van der Waals surface area contributed by atoms with E-state index < -0.39 is 10.8 Å². The Morgan fingerprint density at radius 3 is 2.80 bits per heavy atom. The molecule has 0 spiro atoms. The monoisotopic (exact) mass is 439 g/mol. The van der Waals surface area contributed by atoms with Crippen molar-refractivity contribution in [1.29, 1.82) is 0 Å². The van der Waals surface area contributed by atoms with E-state index >= 15 is 0 Å². The van der Waals surface area contributed by atoms with Crippen LogP contribution in [0, 0.1) is 24.0 Å². The van der Waals surface area contributed by atoms with Crippen LogP contribution in [-0.2, 0) is 5.75 Å². The highest BCUT2D eigenvalue weighted by molar-refractivity contribution is 8.00. The number of aryl methyl sites for hydroxylation is 2. The van der Waals surface area contributed by atoms with Crippen molar-refractivity contribution in [3.63, 3.8) is 0 Å². The SMILES string of the molecule is Cc1csc(SCc2c(C(=O)Nc3cc([N+](=O)[O-])ccc3C)oc3ccccc23)n1. The minimum absolute atomic E-state index is 0.0876. The summed E-state index contributed by atoms with van der Waals surface area (Å²) in [7, 11) is 0. The molecular formula is C21H17N3O4S2. The number of nitrogens with one attached hydrogen (secondary N) is 1. The number of nitrogens with zero attached hydrogens (tertiary/aromatic N) is 2. The Morgan fingerprint density at radius 1 is 1.27 bits per heavy atom. The molecule has 0 saturated carbocycles. The molecule has 4 aromatic rings. The number of rotatable bonds is 6. The molecule has 0 atom stereocenters. The molecule has 30 heavy (non-hydrogen) atoms. The van der Waals surface area contributed by atoms with E-state index in [2.05, 4.69) is 10.3 Å². The molecular weight excluding hydrogens is 422 g/mol. The third-order valence-electron chi connectivity index (χ3n) is 4.52. The van der Waals surface area contributed by atoms with Crippen LogP contribution in [0.25, 0.3) is 11.0 Å². The summed E-state index contributed by atoms with van der Waals surface area (Å²) in [5.74, 6) is 0.268. The lowest BCUT2D eigenvalue weighted by atomic mass is 10.1. The van der Waals surface area contributed by atoms with Gasteiger partial charge in [-0.05, 0) is 25.5 Å². The lowest BCUT2D eigenvalue weighted by Gasteiger charge is -2.08. The minimum Gasteiger partial charge on any atom is -0.451 e. The largest absolute Gasteiger partial charge is 0.451 e. The smallest absolute Gasteiger partial charge is 0.291 e. The van der Waals surface area contributed by atoms with Gasteiger partial charge < -0.3 is 9.73 Å². The van der Waals surface area contributed by atoms with Gasteiger partial charge in [-0.15, -0.1) is 11.3 Å². The van der Waals surface area contributed by atoms with Crippen molar-refractivity contribution in [2.24, 2.45) is 0 Å². The lowest BCUT2D eigenvalue weighted by molar-refractivity contribution is -0.384. The normalized spacial score (nSPS) is 11.0. The predicted molar refractivity (Wildman–Crippen MR) is 118 cm³/mol. The van der Waals surface area contributed by atoms with Gasteiger partial charge in [0.25, 0.3) is 11.6 Å². The first-order valence-corrected chi connectivity index (χ1v) is 10.9. The molecule has 0 aliphatic rings. The zero-order chi connectivity index (χ0) is 21.3. The molecule has 0 bridgehead atoms. The van der Waals surface area contributed by atoms with E-state index in [1.165, 1.54) is 23.9 Å². The summed E-state index contributed by atoms with van der Waals surface area (Å²) in [4.78, 5) is 28.1. The summed E-state index contributed by atoms with van der Waals surface area (Å²) in [6, 6.07) is 11.8. The fourth-order valence-electron chi connectivity index (χ4n) is 3.00. The zero-order valence-corrected chi connectivity index (χ0v) is 17.8. The molecule has 0 radical (unpaired) electrons. The van der Waals surface area contributed by atoms with E-state index in [4.69, 9.17) is 4.42 Å². The van der Waals surface area contributed by atoms with Crippen LogP contribution in [0.1, 0.15) is 27.4 Å². The van der Waals surface area contributed by atoms with Crippen molar-refractivity contribution in [1.82, 2.24) is 4.98 Å². The Morgan fingerprint density at radius 2 is 2.07 bits per heavy atom. The van der Waals surface area contributed by atoms with Crippen molar-refractivity contribution in [3.05, 3.63) is 80.5 Å². The molecule has 2 heterocycles. The molecule has 1 N–H and O–H groups in total. The highest BCUT2D eigenvalue weighted by atomic mass is 32.2. The molecule has 0 unspecified atom stereocenters. The molecule has 0 aliphatic carbocycles. The van der Waals surface area contributed by atoms with Crippen LogP contribution in [0.2, 0.25) is 0 Å². The van der Waals surface area contributed by atoms with Crippen LogP contribution in [0.15, 0.2) is 56.6 Å². The molecule has 1 amide bonds. The van der Waals surface area contributed by atoms with Crippen molar-refractivity contribution < 1.29 is 14.1 Å². The fourth-order valence-corrected chi connectivity index (χ4v) is 4.87. The number of aromatic nitrogens is 1. The van der Waals surface area contributed by atoms with E-state index in [-0.39, 0.29) is 11.4 Å². The average molecular weight is 440 g/mol. The number of anilines is 1. The number of thioether (sulfide) groups is 1. The first kappa shape index (κ1) is 20.1. The maximum Gasteiger partial charge on any atom is 0.291 e. The number of furan rings is 1. The molecule has 0 saturated heterocycles. The Bertz CT molecular complexity index is 1260. The summed E-state index contributed by atoms with van der Waals surface area (Å²) in [5, 5.41) is 16.7. The van der Waals surface area contributed by atoms with E-state index in [0.717, 1.165) is 26.5 Å². The molecule has 2 aromatic carbocycles. The number of hydrogen-bond acceptors (Lipinski definition) is 7. The number of nitro groups is 1. The second kappa shape index (κ2) is 8.29. The molecule has 9 heteroatoms. The first-order chi connectivity index (χ1) is 14.4. The van der Waals surface area contributed by atoms with Gasteiger partial charge in [-0.25, -0.2) is 4.98 Å². The van der Waals surface area contributed by atoms with Crippen molar-refractivity contribution in [3.8, 4) is 0 Å². The van der Waals surface area contributed by atoms with Crippen molar-refractivity contribution >= 4 is 51.3 Å². The summed E-state index contributed by atoms with van der Waals surface area (Å²) >= 11 is 3.10. The van der Waals surface area contributed by atoms with Crippen molar-refractivity contribution in [2.45, 2.75) is 23.9 Å². The minimum atomic E-state index is -0.492. The summed E-state index contributed by atoms with van der Waals surface area (Å²) in [6.07, 6.45) is 0. The third kappa shape index (κ3) is 4.07. The van der Waals surface area contributed by atoms with Crippen LogP contribution in [0.4, 0.5) is 11.4 Å². The molecule has 2 aromatic heterocycles. The number of carbonyl (C=O) groups is 1. The number of carbonyl (C=O) groups excluding carboxylic acids is 1. The summed E-state index contributed by atoms with van der Waals surface area (Å²) < 4.78 is 6.78. The fraction of sp³-hybridized carbons (Fsp3) is 0.143. The Labute approximate surface area is 180 Å². The van der Waals surface area contributed by atoms with Gasteiger partial charge in [0, 0.05) is 39.9 Å². The number of benzene rings is 2. The number of fused-ring (bicyclic) bond motifs is 1. The second-order valence-electron chi connectivity index (χ2n) is 6.66. The third-order valence-corrected chi connectivity index (χ3v) is 6.69. The van der Waals surface area contributed by atoms with Gasteiger partial charge in [-0.2, -0.15) is 0 Å². The molecule has 152 valence electrons. The second-order valence-corrected chi connectivity index (χ2v) is 8.74. The Kier molecular flexibility index (Phi) is 5.56. The van der Waals surface area contributed by atoms with Crippen LogP contribution in [0.5, 0.6) is 0 Å². The Hall–Kier alpha value is -3.17. The van der Waals surface area contributed by atoms with Crippen LogP contribution in [0.3, 0.4) is 0 Å². The average Bonchev–Trinajstić information content (AvgIpc) is 3.31. The maximum atomic E-state index is 13.1. The standard InChI is InChI=1S/C21H17N3O4S2/c1-12-7-8-14(24(26)27)9-17(12)23-20(25)19-16(11-30-21-22-13(2)10-29-21)15-5-3-4-6-18(15)28-19/h3-10H,11H2,1-2H3,(H,23,25). The van der Waals surface area contributed by atoms with Gasteiger partial charge >= 0.3 is 0 Å². The van der Waals surface area contributed by atoms with E-state index in [1.54, 1.807) is 24.3 Å². The molecule has 7 nitrogen and oxygen atoms in total. The van der Waals surface area contributed by atoms with E-state index in [0.29, 0.717) is 17.0 Å². The highest BCUT2D eigenvalue weighted by Gasteiger charge is 2.22. The van der Waals surface area contributed by atoms with Gasteiger partial charge in [0.15, 0.2) is 5.76 Å². The van der Waals surface area contributed by atoms with Crippen molar-refractivity contribution in [2.75, 3.05) is 5.32 Å². The van der Waals surface area contributed by atoms with Gasteiger partial charge in [0.05, 0.1) is 10.6 Å². The van der Waals surface area contributed by atoms with E-state index in [1.807, 2.05) is 36.6 Å². The highest BCUT2D eigenvalue weighted by Crippen LogP contribution is 2.34.